The Balaban J connectivity index is 2.56. The second-order valence-electron chi connectivity index (χ2n) is 3.51. The van der Waals surface area contributed by atoms with Gasteiger partial charge < -0.3 is 9.47 Å². The third-order valence-electron chi connectivity index (χ3n) is 1.95. The highest BCUT2D eigenvalue weighted by Crippen LogP contribution is 2.24. The molecule has 5 heteroatoms. The Hall–Kier alpha value is -1.36. The molecule has 0 radical (unpaired) electrons. The molecule has 16 heavy (non-hydrogen) atoms. The molecule has 0 N–H and O–H groups in total. The van der Waals surface area contributed by atoms with E-state index in [0.29, 0.717) is 10.8 Å². The summed E-state index contributed by atoms with van der Waals surface area (Å²) < 4.78 is 9.14. The predicted octanol–water partition coefficient (Wildman–Crippen LogP) is 2.20. The Bertz CT molecular complexity index is 381. The highest BCUT2D eigenvalue weighted by atomic mass is 32.1. The molecule has 1 aromatic heterocycles. The minimum atomic E-state index is -0.561. The van der Waals surface area contributed by atoms with Crippen molar-refractivity contribution in [3.63, 3.8) is 0 Å². The lowest BCUT2D eigenvalue weighted by molar-refractivity contribution is -0.144. The number of rotatable bonds is 4. The molecule has 0 aliphatic heterocycles. The molecule has 1 rings (SSSR count). The van der Waals surface area contributed by atoms with E-state index in [1.165, 1.54) is 18.4 Å². The van der Waals surface area contributed by atoms with Crippen molar-refractivity contribution in [2.24, 2.45) is 0 Å². The molecular weight excluding hydrogens is 228 g/mol. The largest absolute Gasteiger partial charge is 0.466 e. The molecule has 0 aliphatic carbocycles. The summed E-state index contributed by atoms with van der Waals surface area (Å²) in [5, 5.41) is 0. The molecule has 0 spiro atoms. The number of carbonyl (C=O) groups is 2. The lowest BCUT2D eigenvalue weighted by Gasteiger charge is -2.01. The first-order valence-corrected chi connectivity index (χ1v) is 5.70. The molecule has 0 bridgehead atoms. The average molecular weight is 242 g/mol. The number of thiophene rings is 1. The van der Waals surface area contributed by atoms with Crippen molar-refractivity contribution in [2.75, 3.05) is 13.7 Å². The standard InChI is InChI=1S/C11H14O4S/c1-7(2)8-4-5-9(16-8)11(13)15-6-10(12)14-3/h4-5,7H,6H2,1-3H3. The van der Waals surface area contributed by atoms with Crippen LogP contribution in [0.4, 0.5) is 0 Å². The van der Waals surface area contributed by atoms with Gasteiger partial charge in [0, 0.05) is 4.88 Å². The highest BCUT2D eigenvalue weighted by molar-refractivity contribution is 7.14. The smallest absolute Gasteiger partial charge is 0.348 e. The normalized spacial score (nSPS) is 10.2. The monoisotopic (exact) mass is 242 g/mol. The number of hydrogen-bond donors (Lipinski definition) is 0. The van der Waals surface area contributed by atoms with Crippen LogP contribution in [0.1, 0.15) is 34.3 Å². The van der Waals surface area contributed by atoms with Crippen molar-refractivity contribution < 1.29 is 19.1 Å². The number of ether oxygens (including phenoxy) is 2. The van der Waals surface area contributed by atoms with Crippen LogP contribution in [-0.4, -0.2) is 25.7 Å². The van der Waals surface area contributed by atoms with Crippen molar-refractivity contribution in [1.29, 1.82) is 0 Å². The van der Waals surface area contributed by atoms with Gasteiger partial charge in [-0.05, 0) is 18.1 Å². The first kappa shape index (κ1) is 12.7. The van der Waals surface area contributed by atoms with Crippen LogP contribution in [0.5, 0.6) is 0 Å². The van der Waals surface area contributed by atoms with Gasteiger partial charge in [-0.25, -0.2) is 9.59 Å². The molecule has 0 atom stereocenters. The maximum atomic E-state index is 11.5. The van der Waals surface area contributed by atoms with Crippen molar-refractivity contribution in [3.8, 4) is 0 Å². The van der Waals surface area contributed by atoms with Gasteiger partial charge in [0.15, 0.2) is 6.61 Å². The molecule has 0 aromatic carbocycles. The maximum absolute atomic E-state index is 11.5. The summed E-state index contributed by atoms with van der Waals surface area (Å²) in [6.45, 7) is 3.76. The van der Waals surface area contributed by atoms with Crippen LogP contribution in [0.2, 0.25) is 0 Å². The second-order valence-corrected chi connectivity index (χ2v) is 4.62. The van der Waals surface area contributed by atoms with Crippen molar-refractivity contribution in [3.05, 3.63) is 21.9 Å². The van der Waals surface area contributed by atoms with E-state index in [-0.39, 0.29) is 6.61 Å². The predicted molar refractivity (Wildman–Crippen MR) is 60.7 cm³/mol. The van der Waals surface area contributed by atoms with Gasteiger partial charge in [-0.2, -0.15) is 0 Å². The van der Waals surface area contributed by atoms with Crippen LogP contribution in [0.25, 0.3) is 0 Å². The Morgan fingerprint density at radius 2 is 2.06 bits per heavy atom. The van der Waals surface area contributed by atoms with Crippen LogP contribution in [0.15, 0.2) is 12.1 Å². The molecule has 0 saturated carbocycles. The van der Waals surface area contributed by atoms with E-state index < -0.39 is 11.9 Å². The topological polar surface area (TPSA) is 52.6 Å². The van der Waals surface area contributed by atoms with Gasteiger partial charge in [-0.15, -0.1) is 11.3 Å². The molecule has 0 fully saturated rings. The molecule has 88 valence electrons. The van der Waals surface area contributed by atoms with Crippen LogP contribution in [-0.2, 0) is 14.3 Å². The summed E-state index contributed by atoms with van der Waals surface area (Å²) in [4.78, 5) is 23.9. The summed E-state index contributed by atoms with van der Waals surface area (Å²) in [6.07, 6.45) is 0. The van der Waals surface area contributed by atoms with E-state index in [9.17, 15) is 9.59 Å². The van der Waals surface area contributed by atoms with E-state index in [1.54, 1.807) is 6.07 Å². The molecule has 0 amide bonds. The first-order valence-electron chi connectivity index (χ1n) is 4.88. The minimum Gasteiger partial charge on any atom is -0.466 e. The van der Waals surface area contributed by atoms with Gasteiger partial charge in [0.2, 0.25) is 0 Å². The summed E-state index contributed by atoms with van der Waals surface area (Å²) in [5.41, 5.74) is 0. The fraction of sp³-hybridized carbons (Fsp3) is 0.455. The fourth-order valence-corrected chi connectivity index (χ4v) is 1.93. The van der Waals surface area contributed by atoms with E-state index in [2.05, 4.69) is 18.6 Å². The zero-order chi connectivity index (χ0) is 12.1. The number of methoxy groups -OCH3 is 1. The van der Waals surface area contributed by atoms with Crippen molar-refractivity contribution in [2.45, 2.75) is 19.8 Å². The van der Waals surface area contributed by atoms with E-state index in [4.69, 9.17) is 4.74 Å². The van der Waals surface area contributed by atoms with Gasteiger partial charge in [0.05, 0.1) is 7.11 Å². The quantitative estimate of drug-likeness (QED) is 0.759. The number of carbonyl (C=O) groups excluding carboxylic acids is 2. The SMILES string of the molecule is COC(=O)COC(=O)c1ccc(C(C)C)s1. The molecule has 4 nitrogen and oxygen atoms in total. The summed E-state index contributed by atoms with van der Waals surface area (Å²) in [6, 6.07) is 3.60. The van der Waals surface area contributed by atoms with Gasteiger partial charge in [0.25, 0.3) is 0 Å². The average Bonchev–Trinajstić information content (AvgIpc) is 2.74. The Labute approximate surface area is 98.2 Å². The first-order chi connectivity index (χ1) is 7.54. The highest BCUT2D eigenvalue weighted by Gasteiger charge is 2.13. The zero-order valence-corrected chi connectivity index (χ0v) is 10.3. The molecule has 0 unspecified atom stereocenters. The van der Waals surface area contributed by atoms with Crippen LogP contribution < -0.4 is 0 Å². The van der Waals surface area contributed by atoms with Crippen molar-refractivity contribution >= 4 is 23.3 Å². The summed E-state index contributed by atoms with van der Waals surface area (Å²) in [7, 11) is 1.25. The van der Waals surface area contributed by atoms with Gasteiger partial charge >= 0.3 is 11.9 Å². The minimum absolute atomic E-state index is 0.343. The van der Waals surface area contributed by atoms with Crippen LogP contribution in [0.3, 0.4) is 0 Å². The zero-order valence-electron chi connectivity index (χ0n) is 9.48. The van der Waals surface area contributed by atoms with Crippen molar-refractivity contribution in [1.82, 2.24) is 0 Å². The molecule has 1 heterocycles. The van der Waals surface area contributed by atoms with Gasteiger partial charge in [0.1, 0.15) is 4.88 Å². The van der Waals surface area contributed by atoms with E-state index >= 15 is 0 Å². The number of hydrogen-bond acceptors (Lipinski definition) is 5. The second kappa shape index (κ2) is 5.65. The van der Waals surface area contributed by atoms with Gasteiger partial charge in [-0.1, -0.05) is 13.8 Å². The lowest BCUT2D eigenvalue weighted by Crippen LogP contribution is -2.14. The Morgan fingerprint density at radius 3 is 2.56 bits per heavy atom. The maximum Gasteiger partial charge on any atom is 0.348 e. The third kappa shape index (κ3) is 3.34. The summed E-state index contributed by atoms with van der Waals surface area (Å²) >= 11 is 1.38. The molecule has 0 saturated heterocycles. The Morgan fingerprint density at radius 1 is 1.38 bits per heavy atom. The summed E-state index contributed by atoms with van der Waals surface area (Å²) in [5.74, 6) is -0.663. The van der Waals surface area contributed by atoms with Gasteiger partial charge in [-0.3, -0.25) is 0 Å². The fourth-order valence-electron chi connectivity index (χ4n) is 1.03. The Kier molecular flexibility index (Phi) is 4.49. The van der Waals surface area contributed by atoms with E-state index in [0.717, 1.165) is 4.88 Å². The molecular formula is C11H14O4S. The third-order valence-corrected chi connectivity index (χ3v) is 3.31. The number of esters is 2. The molecule has 0 aliphatic rings. The van der Waals surface area contributed by atoms with E-state index in [1.807, 2.05) is 6.07 Å². The van der Waals surface area contributed by atoms with Crippen LogP contribution >= 0.6 is 11.3 Å². The van der Waals surface area contributed by atoms with Crippen LogP contribution in [0, 0.1) is 0 Å². The molecule has 1 aromatic rings. The lowest BCUT2D eigenvalue weighted by atomic mass is 10.2.